The van der Waals surface area contributed by atoms with Gasteiger partial charge in [-0.15, -0.1) is 0 Å². The Morgan fingerprint density at radius 2 is 1.81 bits per heavy atom. The third kappa shape index (κ3) is 4.52. The van der Waals surface area contributed by atoms with Crippen LogP contribution in [0.1, 0.15) is 11.1 Å². The Kier molecular flexibility index (Phi) is 5.21. The van der Waals surface area contributed by atoms with Crippen molar-refractivity contribution in [2.45, 2.75) is 18.9 Å². The molecule has 0 bridgehead atoms. The zero-order chi connectivity index (χ0) is 19.4. The fourth-order valence-corrected chi connectivity index (χ4v) is 2.83. The molecular formula is C20H17NO6. The lowest BCUT2D eigenvalue weighted by Gasteiger charge is -2.15. The third-order valence-corrected chi connectivity index (χ3v) is 4.08. The molecule has 0 aliphatic carbocycles. The highest BCUT2D eigenvalue weighted by atomic mass is 16.4. The molecule has 7 nitrogen and oxygen atoms in total. The van der Waals surface area contributed by atoms with E-state index in [1.807, 2.05) is 6.07 Å². The Bertz CT molecular complexity index is 1040. The molecule has 3 rings (SSSR count). The summed E-state index contributed by atoms with van der Waals surface area (Å²) in [6.45, 7) is 0. The summed E-state index contributed by atoms with van der Waals surface area (Å²) < 4.78 is 5.02. The van der Waals surface area contributed by atoms with E-state index in [1.165, 1.54) is 24.3 Å². The highest BCUT2D eigenvalue weighted by molar-refractivity contribution is 5.89. The zero-order valence-electron chi connectivity index (χ0n) is 14.2. The molecule has 0 radical (unpaired) electrons. The standard InChI is InChI=1S/C20H17NO6/c22-14-6-7-15-13(10-19(24)27-17(15)11-14)9-18(23)21-16(20(25)26)8-12-4-2-1-3-5-12/h1-7,10-11,16,22H,8-9H2,(H,21,23)(H,25,26)/t16-/m0/s1. The van der Waals surface area contributed by atoms with Crippen molar-refractivity contribution in [2.24, 2.45) is 0 Å². The summed E-state index contributed by atoms with van der Waals surface area (Å²) in [4.78, 5) is 35.6. The first kappa shape index (κ1) is 18.2. The summed E-state index contributed by atoms with van der Waals surface area (Å²) in [5.74, 6) is -1.74. The predicted octanol–water partition coefficient (Wildman–Crippen LogP) is 1.85. The van der Waals surface area contributed by atoms with E-state index in [2.05, 4.69) is 5.32 Å². The van der Waals surface area contributed by atoms with Crippen molar-refractivity contribution in [3.8, 4) is 5.75 Å². The van der Waals surface area contributed by atoms with E-state index in [4.69, 9.17) is 4.42 Å². The van der Waals surface area contributed by atoms with E-state index in [-0.39, 0.29) is 24.2 Å². The number of phenols is 1. The molecular weight excluding hydrogens is 350 g/mol. The van der Waals surface area contributed by atoms with Gasteiger partial charge in [0.1, 0.15) is 17.4 Å². The lowest BCUT2D eigenvalue weighted by Crippen LogP contribution is -2.43. The zero-order valence-corrected chi connectivity index (χ0v) is 14.2. The minimum Gasteiger partial charge on any atom is -0.508 e. The van der Waals surface area contributed by atoms with Crippen molar-refractivity contribution in [3.63, 3.8) is 0 Å². The number of hydrogen-bond acceptors (Lipinski definition) is 5. The SMILES string of the molecule is O=C(Cc1cc(=O)oc2cc(O)ccc12)N[C@@H](Cc1ccccc1)C(=O)O. The van der Waals surface area contributed by atoms with Crippen molar-refractivity contribution in [1.82, 2.24) is 5.32 Å². The predicted molar refractivity (Wildman–Crippen MR) is 97.6 cm³/mol. The molecule has 0 spiro atoms. The number of carbonyl (C=O) groups excluding carboxylic acids is 1. The summed E-state index contributed by atoms with van der Waals surface area (Å²) >= 11 is 0. The number of rotatable bonds is 6. The van der Waals surface area contributed by atoms with E-state index in [1.54, 1.807) is 24.3 Å². The van der Waals surface area contributed by atoms with Gasteiger partial charge in [-0.05, 0) is 23.3 Å². The molecule has 7 heteroatoms. The average molecular weight is 367 g/mol. The first-order valence-corrected chi connectivity index (χ1v) is 8.24. The molecule has 1 atom stereocenters. The Morgan fingerprint density at radius 3 is 2.52 bits per heavy atom. The van der Waals surface area contributed by atoms with Crippen LogP contribution in [-0.4, -0.2) is 28.1 Å². The van der Waals surface area contributed by atoms with Crippen LogP contribution in [0.15, 0.2) is 63.8 Å². The van der Waals surface area contributed by atoms with Gasteiger partial charge in [-0.3, -0.25) is 4.79 Å². The van der Waals surface area contributed by atoms with Gasteiger partial charge in [-0.1, -0.05) is 30.3 Å². The molecule has 1 aromatic heterocycles. The normalized spacial score (nSPS) is 11.9. The number of fused-ring (bicyclic) bond motifs is 1. The highest BCUT2D eigenvalue weighted by Gasteiger charge is 2.21. The molecule has 1 heterocycles. The van der Waals surface area contributed by atoms with Crippen molar-refractivity contribution in [2.75, 3.05) is 0 Å². The summed E-state index contributed by atoms with van der Waals surface area (Å²) in [5.41, 5.74) is 0.674. The number of aliphatic carboxylic acids is 1. The highest BCUT2D eigenvalue weighted by Crippen LogP contribution is 2.22. The molecule has 3 N–H and O–H groups in total. The Morgan fingerprint density at radius 1 is 1.07 bits per heavy atom. The van der Waals surface area contributed by atoms with Gasteiger partial charge in [0.25, 0.3) is 0 Å². The number of carboxylic acids is 1. The first-order chi connectivity index (χ1) is 12.9. The van der Waals surface area contributed by atoms with Crippen molar-refractivity contribution >= 4 is 22.8 Å². The number of carbonyl (C=O) groups is 2. The number of aromatic hydroxyl groups is 1. The molecule has 0 fully saturated rings. The van der Waals surface area contributed by atoms with Crippen LogP contribution < -0.4 is 10.9 Å². The fourth-order valence-electron chi connectivity index (χ4n) is 2.83. The molecule has 0 saturated carbocycles. The monoisotopic (exact) mass is 367 g/mol. The van der Waals surface area contributed by atoms with Crippen LogP contribution in [0.25, 0.3) is 11.0 Å². The minimum absolute atomic E-state index is 0.0685. The quantitative estimate of drug-likeness (QED) is 0.573. The maximum Gasteiger partial charge on any atom is 0.336 e. The molecule has 1 amide bonds. The largest absolute Gasteiger partial charge is 0.508 e. The van der Waals surface area contributed by atoms with E-state index >= 15 is 0 Å². The maximum atomic E-state index is 12.4. The topological polar surface area (TPSA) is 117 Å². The molecule has 0 unspecified atom stereocenters. The molecule has 27 heavy (non-hydrogen) atoms. The lowest BCUT2D eigenvalue weighted by molar-refractivity contribution is -0.141. The van der Waals surface area contributed by atoms with Gasteiger partial charge >= 0.3 is 11.6 Å². The van der Waals surface area contributed by atoms with Gasteiger partial charge < -0.3 is 19.9 Å². The smallest absolute Gasteiger partial charge is 0.336 e. The second kappa shape index (κ2) is 7.74. The van der Waals surface area contributed by atoms with Crippen molar-refractivity contribution in [3.05, 3.63) is 76.1 Å². The summed E-state index contributed by atoms with van der Waals surface area (Å²) in [6, 6.07) is 13.3. The average Bonchev–Trinajstić information content (AvgIpc) is 2.61. The van der Waals surface area contributed by atoms with Gasteiger partial charge in [-0.2, -0.15) is 0 Å². The fraction of sp³-hybridized carbons (Fsp3) is 0.150. The van der Waals surface area contributed by atoms with Gasteiger partial charge in [0, 0.05) is 23.9 Å². The number of amides is 1. The van der Waals surface area contributed by atoms with E-state index in [0.717, 1.165) is 5.56 Å². The second-order valence-electron chi connectivity index (χ2n) is 6.10. The van der Waals surface area contributed by atoms with Crippen LogP contribution in [0.5, 0.6) is 5.75 Å². The van der Waals surface area contributed by atoms with Gasteiger partial charge in [0.15, 0.2) is 0 Å². The van der Waals surface area contributed by atoms with Crippen LogP contribution >= 0.6 is 0 Å². The van der Waals surface area contributed by atoms with Gasteiger partial charge in [0.2, 0.25) is 5.91 Å². The number of benzene rings is 2. The lowest BCUT2D eigenvalue weighted by atomic mass is 10.0. The molecule has 138 valence electrons. The van der Waals surface area contributed by atoms with E-state index < -0.39 is 23.5 Å². The van der Waals surface area contributed by atoms with Crippen LogP contribution in [0.2, 0.25) is 0 Å². The first-order valence-electron chi connectivity index (χ1n) is 8.24. The van der Waals surface area contributed by atoms with Crippen LogP contribution in [0, 0.1) is 0 Å². The number of carboxylic acid groups (broad SMARTS) is 1. The molecule has 3 aromatic rings. The second-order valence-corrected chi connectivity index (χ2v) is 6.10. The summed E-state index contributed by atoms with van der Waals surface area (Å²) in [5, 5.41) is 21.9. The van der Waals surface area contributed by atoms with Crippen LogP contribution in [0.3, 0.4) is 0 Å². The van der Waals surface area contributed by atoms with Gasteiger partial charge in [-0.25, -0.2) is 9.59 Å². The minimum atomic E-state index is -1.14. The maximum absolute atomic E-state index is 12.4. The number of hydrogen-bond donors (Lipinski definition) is 3. The van der Waals surface area contributed by atoms with Crippen molar-refractivity contribution < 1.29 is 24.2 Å². The molecule has 2 aromatic carbocycles. The van der Waals surface area contributed by atoms with Crippen molar-refractivity contribution in [1.29, 1.82) is 0 Å². The van der Waals surface area contributed by atoms with Crippen LogP contribution in [-0.2, 0) is 22.4 Å². The third-order valence-electron chi connectivity index (χ3n) is 4.08. The molecule has 0 saturated heterocycles. The Hall–Kier alpha value is -3.61. The van der Waals surface area contributed by atoms with Gasteiger partial charge in [0.05, 0.1) is 6.42 Å². The Balaban J connectivity index is 1.79. The number of nitrogens with one attached hydrogen (secondary N) is 1. The van der Waals surface area contributed by atoms with E-state index in [9.17, 15) is 24.6 Å². The van der Waals surface area contributed by atoms with Crippen LogP contribution in [0.4, 0.5) is 0 Å². The number of phenolic OH excluding ortho intramolecular Hbond substituents is 1. The Labute approximate surface area is 153 Å². The van der Waals surface area contributed by atoms with E-state index in [0.29, 0.717) is 10.9 Å². The summed E-state index contributed by atoms with van der Waals surface area (Å²) in [6.07, 6.45) is -0.0428. The molecule has 0 aliphatic rings. The molecule has 0 aliphatic heterocycles. The summed E-state index contributed by atoms with van der Waals surface area (Å²) in [7, 11) is 0.